The molecule has 2 aromatic rings. The molecular formula is C14H17FN4OS. The Morgan fingerprint density at radius 2 is 2.05 bits per heavy atom. The van der Waals surface area contributed by atoms with Crippen LogP contribution in [0, 0.1) is 5.82 Å². The number of carbonyl (C=O) groups excluding carboxylic acids is 1. The van der Waals surface area contributed by atoms with Gasteiger partial charge in [0.1, 0.15) is 5.82 Å². The normalized spacial score (nSPS) is 12.0. The maximum Gasteiger partial charge on any atom is 0.282 e. The second-order valence-electron chi connectivity index (χ2n) is 4.59. The highest BCUT2D eigenvalue weighted by atomic mass is 32.1. The van der Waals surface area contributed by atoms with Crippen molar-refractivity contribution in [2.45, 2.75) is 26.3 Å². The van der Waals surface area contributed by atoms with Crippen LogP contribution in [0.5, 0.6) is 0 Å². The molecular weight excluding hydrogens is 291 g/mol. The Kier molecular flexibility index (Phi) is 5.21. The van der Waals surface area contributed by atoms with Gasteiger partial charge in [-0.3, -0.25) is 4.79 Å². The quantitative estimate of drug-likeness (QED) is 0.861. The smallest absolute Gasteiger partial charge is 0.282 e. The molecule has 112 valence electrons. The van der Waals surface area contributed by atoms with Crippen molar-refractivity contribution in [2.24, 2.45) is 0 Å². The highest BCUT2D eigenvalue weighted by Crippen LogP contribution is 2.17. The van der Waals surface area contributed by atoms with Crippen LogP contribution in [-0.2, 0) is 0 Å². The summed E-state index contributed by atoms with van der Waals surface area (Å²) in [6.45, 7) is 4.68. The number of hydrogen-bond donors (Lipinski definition) is 2. The molecule has 7 heteroatoms. The molecule has 0 radical (unpaired) electrons. The first-order chi connectivity index (χ1) is 10.1. The molecule has 2 rings (SSSR count). The van der Waals surface area contributed by atoms with E-state index in [-0.39, 0.29) is 17.8 Å². The van der Waals surface area contributed by atoms with Gasteiger partial charge in [-0.15, -0.1) is 10.2 Å². The third-order valence-corrected chi connectivity index (χ3v) is 3.74. The van der Waals surface area contributed by atoms with Crippen molar-refractivity contribution < 1.29 is 9.18 Å². The summed E-state index contributed by atoms with van der Waals surface area (Å²) < 4.78 is 12.9. The lowest BCUT2D eigenvalue weighted by Gasteiger charge is -2.12. The molecule has 0 spiro atoms. The van der Waals surface area contributed by atoms with Crippen LogP contribution in [0.25, 0.3) is 0 Å². The summed E-state index contributed by atoms with van der Waals surface area (Å²) in [7, 11) is 0. The number of hydrogen-bond acceptors (Lipinski definition) is 5. The third-order valence-electron chi connectivity index (χ3n) is 2.86. The van der Waals surface area contributed by atoms with Crippen molar-refractivity contribution in [1.82, 2.24) is 15.5 Å². The molecule has 1 atom stereocenters. The number of nitrogens with one attached hydrogen (secondary N) is 2. The molecule has 21 heavy (non-hydrogen) atoms. The van der Waals surface area contributed by atoms with Gasteiger partial charge in [0.05, 0.1) is 6.04 Å². The average Bonchev–Trinajstić information content (AvgIpc) is 2.94. The monoisotopic (exact) mass is 308 g/mol. The highest BCUT2D eigenvalue weighted by molar-refractivity contribution is 7.17. The van der Waals surface area contributed by atoms with Crippen LogP contribution in [0.1, 0.15) is 41.7 Å². The molecule has 2 N–H and O–H groups in total. The van der Waals surface area contributed by atoms with Crippen molar-refractivity contribution in [2.75, 3.05) is 11.9 Å². The van der Waals surface area contributed by atoms with Crippen LogP contribution < -0.4 is 10.6 Å². The summed E-state index contributed by atoms with van der Waals surface area (Å²) in [5.41, 5.74) is 0.832. The van der Waals surface area contributed by atoms with Crippen LogP contribution >= 0.6 is 11.3 Å². The van der Waals surface area contributed by atoms with Gasteiger partial charge in [-0.05, 0) is 31.0 Å². The van der Waals surface area contributed by atoms with Gasteiger partial charge in [-0.2, -0.15) is 0 Å². The largest absolute Gasteiger partial charge is 0.360 e. The van der Waals surface area contributed by atoms with Crippen molar-refractivity contribution in [1.29, 1.82) is 0 Å². The lowest BCUT2D eigenvalue weighted by Crippen LogP contribution is -2.26. The van der Waals surface area contributed by atoms with Crippen molar-refractivity contribution in [3.05, 3.63) is 40.7 Å². The fourth-order valence-corrected chi connectivity index (χ4v) is 2.38. The molecule has 1 heterocycles. The lowest BCUT2D eigenvalue weighted by molar-refractivity contribution is 0.0939. The fraction of sp³-hybridized carbons (Fsp3) is 0.357. The number of nitrogens with zero attached hydrogens (tertiary/aromatic N) is 2. The maximum atomic E-state index is 12.9. The molecule has 0 bridgehead atoms. The van der Waals surface area contributed by atoms with E-state index < -0.39 is 0 Å². The van der Waals surface area contributed by atoms with Gasteiger partial charge < -0.3 is 10.6 Å². The van der Waals surface area contributed by atoms with Crippen LogP contribution in [0.4, 0.5) is 9.52 Å². The lowest BCUT2D eigenvalue weighted by atomic mass is 10.1. The molecule has 1 unspecified atom stereocenters. The van der Waals surface area contributed by atoms with E-state index in [1.54, 1.807) is 12.1 Å². The van der Waals surface area contributed by atoms with E-state index in [2.05, 4.69) is 20.8 Å². The SMILES string of the molecule is CCCNc1nnc(C(=O)NC(C)c2ccc(F)cc2)s1. The number of amides is 1. The summed E-state index contributed by atoms with van der Waals surface area (Å²) in [5.74, 6) is -0.582. The topological polar surface area (TPSA) is 66.9 Å². The summed E-state index contributed by atoms with van der Waals surface area (Å²) in [5, 5.41) is 14.6. The van der Waals surface area contributed by atoms with Gasteiger partial charge in [0.15, 0.2) is 0 Å². The minimum Gasteiger partial charge on any atom is -0.360 e. The van der Waals surface area contributed by atoms with Gasteiger partial charge in [0.2, 0.25) is 10.1 Å². The third kappa shape index (κ3) is 4.22. The van der Waals surface area contributed by atoms with E-state index in [0.29, 0.717) is 10.1 Å². The number of aromatic nitrogens is 2. The zero-order valence-electron chi connectivity index (χ0n) is 11.9. The van der Waals surface area contributed by atoms with Crippen LogP contribution in [-0.4, -0.2) is 22.6 Å². The number of benzene rings is 1. The zero-order chi connectivity index (χ0) is 15.2. The van der Waals surface area contributed by atoms with E-state index >= 15 is 0 Å². The molecule has 5 nitrogen and oxygen atoms in total. The highest BCUT2D eigenvalue weighted by Gasteiger charge is 2.16. The summed E-state index contributed by atoms with van der Waals surface area (Å²) in [6, 6.07) is 5.81. The van der Waals surface area contributed by atoms with Crippen molar-refractivity contribution >= 4 is 22.4 Å². The van der Waals surface area contributed by atoms with Crippen molar-refractivity contribution in [3.8, 4) is 0 Å². The van der Waals surface area contributed by atoms with Gasteiger partial charge in [-0.25, -0.2) is 4.39 Å². The molecule has 1 aromatic carbocycles. The minimum atomic E-state index is -0.298. The van der Waals surface area contributed by atoms with Crippen LogP contribution in [0.2, 0.25) is 0 Å². The Bertz CT molecular complexity index is 599. The molecule has 0 aliphatic heterocycles. The maximum absolute atomic E-state index is 12.9. The Morgan fingerprint density at radius 3 is 2.71 bits per heavy atom. The molecule has 0 aliphatic rings. The second-order valence-corrected chi connectivity index (χ2v) is 5.56. The number of rotatable bonds is 6. The summed E-state index contributed by atoms with van der Waals surface area (Å²) in [6.07, 6.45) is 0.975. The van der Waals surface area contributed by atoms with Crippen LogP contribution in [0.15, 0.2) is 24.3 Å². The first-order valence-electron chi connectivity index (χ1n) is 6.74. The molecule has 1 aromatic heterocycles. The number of anilines is 1. The van der Waals surface area contributed by atoms with Crippen molar-refractivity contribution in [3.63, 3.8) is 0 Å². The van der Waals surface area contributed by atoms with Gasteiger partial charge in [0, 0.05) is 6.54 Å². The molecule has 0 fully saturated rings. The molecule has 0 saturated carbocycles. The van der Waals surface area contributed by atoms with Gasteiger partial charge in [0.25, 0.3) is 5.91 Å². The van der Waals surface area contributed by atoms with E-state index in [9.17, 15) is 9.18 Å². The van der Waals surface area contributed by atoms with E-state index in [4.69, 9.17) is 0 Å². The van der Waals surface area contributed by atoms with E-state index in [0.717, 1.165) is 18.5 Å². The van der Waals surface area contributed by atoms with E-state index in [1.165, 1.54) is 23.5 Å². The summed E-state index contributed by atoms with van der Waals surface area (Å²) in [4.78, 5) is 12.1. The standard InChI is InChI=1S/C14H17FN4OS/c1-3-8-16-14-19-18-13(21-14)12(20)17-9(2)10-4-6-11(15)7-5-10/h4-7,9H,3,8H2,1-2H3,(H,16,19)(H,17,20). The van der Waals surface area contributed by atoms with Gasteiger partial charge >= 0.3 is 0 Å². The molecule has 0 aliphatic carbocycles. The minimum absolute atomic E-state index is 0.228. The average molecular weight is 308 g/mol. The first kappa shape index (κ1) is 15.4. The van der Waals surface area contributed by atoms with E-state index in [1.807, 2.05) is 13.8 Å². The Balaban J connectivity index is 1.97. The Hall–Kier alpha value is -2.02. The predicted molar refractivity (Wildman–Crippen MR) is 81.0 cm³/mol. The molecule has 0 saturated heterocycles. The van der Waals surface area contributed by atoms with Gasteiger partial charge in [-0.1, -0.05) is 30.4 Å². The number of carbonyl (C=O) groups is 1. The summed E-state index contributed by atoms with van der Waals surface area (Å²) >= 11 is 1.22. The molecule has 1 amide bonds. The Labute approximate surface area is 126 Å². The first-order valence-corrected chi connectivity index (χ1v) is 7.55. The van der Waals surface area contributed by atoms with Crippen LogP contribution in [0.3, 0.4) is 0 Å². The number of halogens is 1. The fourth-order valence-electron chi connectivity index (χ4n) is 1.71. The Morgan fingerprint density at radius 1 is 1.33 bits per heavy atom. The second kappa shape index (κ2) is 7.12. The zero-order valence-corrected chi connectivity index (χ0v) is 12.7. The predicted octanol–water partition coefficient (Wildman–Crippen LogP) is 2.99.